The van der Waals surface area contributed by atoms with Crippen molar-refractivity contribution in [2.24, 2.45) is 10.9 Å². The molecule has 0 saturated heterocycles. The monoisotopic (exact) mass is 233 g/mol. The summed E-state index contributed by atoms with van der Waals surface area (Å²) in [5.74, 6) is 2.13. The van der Waals surface area contributed by atoms with E-state index in [9.17, 15) is 0 Å². The minimum absolute atomic E-state index is 0.188. The third-order valence-corrected chi connectivity index (χ3v) is 2.43. The topological polar surface area (TPSA) is 56.7 Å². The zero-order valence-corrected chi connectivity index (χ0v) is 10.7. The largest absolute Gasteiger partial charge is 0.396 e. The Bertz CT molecular complexity index is 176. The maximum absolute atomic E-state index is 8.88. The third kappa shape index (κ3) is 8.57. The Morgan fingerprint density at radius 1 is 1.47 bits per heavy atom. The summed E-state index contributed by atoms with van der Waals surface area (Å²) in [5, 5.41) is 15.3. The van der Waals surface area contributed by atoms with Gasteiger partial charge in [0.05, 0.1) is 0 Å². The highest BCUT2D eigenvalue weighted by atomic mass is 32.2. The van der Waals surface area contributed by atoms with Crippen LogP contribution in [0.3, 0.4) is 0 Å². The molecule has 0 aromatic rings. The van der Waals surface area contributed by atoms with Crippen LogP contribution in [0.1, 0.15) is 13.8 Å². The van der Waals surface area contributed by atoms with Crippen LogP contribution in [0, 0.1) is 5.92 Å². The first kappa shape index (κ1) is 14.6. The van der Waals surface area contributed by atoms with Crippen molar-refractivity contribution in [2.45, 2.75) is 13.8 Å². The molecule has 4 nitrogen and oxygen atoms in total. The van der Waals surface area contributed by atoms with Crippen LogP contribution in [0.25, 0.3) is 0 Å². The predicted octanol–water partition coefficient (Wildman–Crippen LogP) is 0.533. The van der Waals surface area contributed by atoms with Gasteiger partial charge < -0.3 is 15.7 Å². The van der Waals surface area contributed by atoms with Crippen molar-refractivity contribution in [3.63, 3.8) is 0 Å². The number of rotatable bonds is 7. The molecule has 0 aromatic carbocycles. The number of nitrogens with one attached hydrogen (secondary N) is 2. The fraction of sp³-hybridized carbons (Fsp3) is 0.900. The number of thioether (sulfide) groups is 1. The first-order valence-corrected chi connectivity index (χ1v) is 6.75. The normalized spacial score (nSPS) is 13.7. The van der Waals surface area contributed by atoms with E-state index in [0.717, 1.165) is 24.8 Å². The van der Waals surface area contributed by atoms with Crippen molar-refractivity contribution >= 4 is 17.7 Å². The van der Waals surface area contributed by atoms with Crippen LogP contribution in [0.15, 0.2) is 4.99 Å². The van der Waals surface area contributed by atoms with E-state index in [1.165, 1.54) is 0 Å². The number of nitrogens with zero attached hydrogens (tertiary/aromatic N) is 1. The summed E-state index contributed by atoms with van der Waals surface area (Å²) < 4.78 is 0. The van der Waals surface area contributed by atoms with E-state index in [-0.39, 0.29) is 12.5 Å². The number of hydrogen-bond donors (Lipinski definition) is 3. The Kier molecular flexibility index (Phi) is 9.83. The van der Waals surface area contributed by atoms with Gasteiger partial charge in [-0.25, -0.2) is 0 Å². The highest BCUT2D eigenvalue weighted by molar-refractivity contribution is 7.98. The molecule has 0 spiro atoms. The first-order valence-electron chi connectivity index (χ1n) is 5.36. The maximum atomic E-state index is 8.88. The number of hydrogen-bond acceptors (Lipinski definition) is 3. The molecule has 0 bridgehead atoms. The second-order valence-corrected chi connectivity index (χ2v) is 4.41. The van der Waals surface area contributed by atoms with Crippen LogP contribution < -0.4 is 10.6 Å². The maximum Gasteiger partial charge on any atom is 0.191 e. The molecule has 0 aliphatic carbocycles. The zero-order valence-electron chi connectivity index (χ0n) is 9.92. The van der Waals surface area contributed by atoms with Crippen LogP contribution in [0.5, 0.6) is 0 Å². The average molecular weight is 233 g/mol. The lowest BCUT2D eigenvalue weighted by molar-refractivity contribution is 0.241. The van der Waals surface area contributed by atoms with Gasteiger partial charge in [-0.05, 0) is 19.1 Å². The number of aliphatic hydroxyl groups is 1. The van der Waals surface area contributed by atoms with Gasteiger partial charge in [0.2, 0.25) is 0 Å². The van der Waals surface area contributed by atoms with Crippen molar-refractivity contribution in [1.82, 2.24) is 10.6 Å². The molecule has 0 amide bonds. The molecule has 0 radical (unpaired) electrons. The summed E-state index contributed by atoms with van der Waals surface area (Å²) in [5.41, 5.74) is 0. The summed E-state index contributed by atoms with van der Waals surface area (Å²) in [6, 6.07) is 0. The van der Waals surface area contributed by atoms with Gasteiger partial charge in [-0.15, -0.1) is 0 Å². The average Bonchev–Trinajstić information content (AvgIpc) is 2.25. The van der Waals surface area contributed by atoms with E-state index in [2.05, 4.69) is 21.9 Å². The molecule has 0 fully saturated rings. The molecular weight excluding hydrogens is 210 g/mol. The van der Waals surface area contributed by atoms with E-state index in [1.54, 1.807) is 11.8 Å². The molecule has 0 rings (SSSR count). The van der Waals surface area contributed by atoms with E-state index >= 15 is 0 Å². The summed E-state index contributed by atoms with van der Waals surface area (Å²) in [6.07, 6.45) is 2.08. The molecule has 3 N–H and O–H groups in total. The fourth-order valence-electron chi connectivity index (χ4n) is 0.918. The van der Waals surface area contributed by atoms with E-state index in [1.807, 2.05) is 13.8 Å². The van der Waals surface area contributed by atoms with E-state index in [4.69, 9.17) is 5.11 Å². The number of aliphatic hydroxyl groups excluding tert-OH is 1. The standard InChI is InChI=1S/C10H23N3OS/c1-4-11-10(12-5-6-15-3)13-7-9(2)8-14/h9,14H,4-8H2,1-3H3,(H2,11,12,13). The van der Waals surface area contributed by atoms with Gasteiger partial charge in [-0.3, -0.25) is 4.99 Å². The van der Waals surface area contributed by atoms with Crippen LogP contribution in [0.4, 0.5) is 0 Å². The molecular formula is C10H23N3OS. The minimum atomic E-state index is 0.188. The number of guanidine groups is 1. The van der Waals surface area contributed by atoms with Crippen molar-refractivity contribution < 1.29 is 5.11 Å². The predicted molar refractivity (Wildman–Crippen MR) is 68.6 cm³/mol. The smallest absolute Gasteiger partial charge is 0.191 e. The molecule has 1 atom stereocenters. The van der Waals surface area contributed by atoms with Crippen molar-refractivity contribution in [3.8, 4) is 0 Å². The second kappa shape index (κ2) is 10.1. The van der Waals surface area contributed by atoms with Crippen LogP contribution in [-0.4, -0.2) is 49.3 Å². The third-order valence-electron chi connectivity index (χ3n) is 1.82. The van der Waals surface area contributed by atoms with Crippen molar-refractivity contribution in [3.05, 3.63) is 0 Å². The summed E-state index contributed by atoms with van der Waals surface area (Å²) in [6.45, 7) is 6.65. The van der Waals surface area contributed by atoms with Gasteiger partial charge in [0.25, 0.3) is 0 Å². The van der Waals surface area contributed by atoms with E-state index < -0.39 is 0 Å². The lowest BCUT2D eigenvalue weighted by Crippen LogP contribution is -2.38. The van der Waals surface area contributed by atoms with Gasteiger partial charge >= 0.3 is 0 Å². The van der Waals surface area contributed by atoms with Crippen molar-refractivity contribution in [1.29, 1.82) is 0 Å². The molecule has 90 valence electrons. The molecule has 1 unspecified atom stereocenters. The van der Waals surface area contributed by atoms with Gasteiger partial charge in [0, 0.05) is 32.0 Å². The highest BCUT2D eigenvalue weighted by Gasteiger charge is 2.00. The molecule has 0 heterocycles. The summed E-state index contributed by atoms with van der Waals surface area (Å²) >= 11 is 1.81. The lowest BCUT2D eigenvalue weighted by Gasteiger charge is -2.11. The lowest BCUT2D eigenvalue weighted by atomic mass is 10.2. The second-order valence-electron chi connectivity index (χ2n) is 3.43. The highest BCUT2D eigenvalue weighted by Crippen LogP contribution is 1.92. The Morgan fingerprint density at radius 2 is 2.20 bits per heavy atom. The minimum Gasteiger partial charge on any atom is -0.396 e. The van der Waals surface area contributed by atoms with Crippen LogP contribution in [0.2, 0.25) is 0 Å². The Hall–Kier alpha value is -0.420. The number of aliphatic imine (C=N–C) groups is 1. The molecule has 0 aliphatic rings. The summed E-state index contributed by atoms with van der Waals surface area (Å²) in [4.78, 5) is 4.38. The van der Waals surface area contributed by atoms with Gasteiger partial charge in [0.15, 0.2) is 5.96 Å². The Morgan fingerprint density at radius 3 is 2.73 bits per heavy atom. The van der Waals surface area contributed by atoms with E-state index in [0.29, 0.717) is 6.54 Å². The Balaban J connectivity index is 3.89. The molecule has 0 aliphatic heterocycles. The molecule has 0 aromatic heterocycles. The zero-order chi connectivity index (χ0) is 11.5. The van der Waals surface area contributed by atoms with Gasteiger partial charge in [-0.2, -0.15) is 11.8 Å². The SMILES string of the molecule is CCNC(=NCC(C)CO)NCCSC. The molecule has 0 saturated carbocycles. The van der Waals surface area contributed by atoms with Crippen molar-refractivity contribution in [2.75, 3.05) is 38.2 Å². The van der Waals surface area contributed by atoms with Crippen LogP contribution in [-0.2, 0) is 0 Å². The quantitative estimate of drug-likeness (QED) is 0.341. The first-order chi connectivity index (χ1) is 7.24. The Labute approximate surface area is 96.9 Å². The molecule has 5 heteroatoms. The fourth-order valence-corrected chi connectivity index (χ4v) is 1.22. The van der Waals surface area contributed by atoms with Gasteiger partial charge in [0.1, 0.15) is 0 Å². The molecule has 15 heavy (non-hydrogen) atoms. The summed E-state index contributed by atoms with van der Waals surface area (Å²) in [7, 11) is 0. The van der Waals surface area contributed by atoms with Crippen LogP contribution >= 0.6 is 11.8 Å². The van der Waals surface area contributed by atoms with Gasteiger partial charge in [-0.1, -0.05) is 6.92 Å².